The number of likely N-dealkylation sites (N-methyl/N-ethyl adjacent to an activating group) is 1. The van der Waals surface area contributed by atoms with E-state index in [-0.39, 0.29) is 0 Å². The standard InChI is InChI=1S/C11H20N4/c1-14-8-5-11(9-14)15-10(3-2-6-12)4-7-13-15/h4,7,11H,2-3,5-6,8-9,12H2,1H3. The molecule has 0 amide bonds. The van der Waals surface area contributed by atoms with Crippen molar-refractivity contribution in [2.75, 3.05) is 26.7 Å². The van der Waals surface area contributed by atoms with Crippen molar-refractivity contribution in [1.82, 2.24) is 14.7 Å². The van der Waals surface area contributed by atoms with Crippen molar-refractivity contribution < 1.29 is 0 Å². The maximum absolute atomic E-state index is 5.53. The van der Waals surface area contributed by atoms with Crippen molar-refractivity contribution in [2.45, 2.75) is 25.3 Å². The molecular formula is C11H20N4. The van der Waals surface area contributed by atoms with Crippen molar-refractivity contribution >= 4 is 0 Å². The number of hydrogen-bond donors (Lipinski definition) is 1. The van der Waals surface area contributed by atoms with Crippen LogP contribution >= 0.6 is 0 Å². The summed E-state index contributed by atoms with van der Waals surface area (Å²) in [6.07, 6.45) is 5.23. The van der Waals surface area contributed by atoms with Gasteiger partial charge in [-0.2, -0.15) is 5.10 Å². The van der Waals surface area contributed by atoms with Crippen LogP contribution in [0.2, 0.25) is 0 Å². The van der Waals surface area contributed by atoms with Gasteiger partial charge in [0.1, 0.15) is 0 Å². The summed E-state index contributed by atoms with van der Waals surface area (Å²) in [4.78, 5) is 2.36. The number of nitrogens with two attached hydrogens (primary N) is 1. The highest BCUT2D eigenvalue weighted by atomic mass is 15.3. The lowest BCUT2D eigenvalue weighted by Crippen LogP contribution is -2.19. The number of rotatable bonds is 4. The predicted molar refractivity (Wildman–Crippen MR) is 60.8 cm³/mol. The fraction of sp³-hybridized carbons (Fsp3) is 0.727. The number of nitrogens with zero attached hydrogens (tertiary/aromatic N) is 3. The van der Waals surface area contributed by atoms with E-state index in [0.29, 0.717) is 6.04 Å². The molecule has 84 valence electrons. The molecular weight excluding hydrogens is 188 g/mol. The van der Waals surface area contributed by atoms with Crippen LogP contribution in [0.25, 0.3) is 0 Å². The van der Waals surface area contributed by atoms with Gasteiger partial charge >= 0.3 is 0 Å². The maximum atomic E-state index is 5.53. The molecule has 1 aliphatic rings. The second-order valence-corrected chi connectivity index (χ2v) is 4.36. The molecule has 0 spiro atoms. The Morgan fingerprint density at radius 3 is 3.13 bits per heavy atom. The second-order valence-electron chi connectivity index (χ2n) is 4.36. The Hall–Kier alpha value is -0.870. The van der Waals surface area contributed by atoms with Crippen LogP contribution in [0.4, 0.5) is 0 Å². The first kappa shape index (κ1) is 10.6. The average molecular weight is 208 g/mol. The van der Waals surface area contributed by atoms with Gasteiger partial charge in [0.25, 0.3) is 0 Å². The zero-order chi connectivity index (χ0) is 10.7. The zero-order valence-electron chi connectivity index (χ0n) is 9.39. The van der Waals surface area contributed by atoms with E-state index < -0.39 is 0 Å². The van der Waals surface area contributed by atoms with Crippen molar-refractivity contribution in [3.05, 3.63) is 18.0 Å². The van der Waals surface area contributed by atoms with Crippen molar-refractivity contribution in [2.24, 2.45) is 5.73 Å². The summed E-state index contributed by atoms with van der Waals surface area (Å²) in [7, 11) is 2.17. The molecule has 15 heavy (non-hydrogen) atoms. The number of aromatic nitrogens is 2. The van der Waals surface area contributed by atoms with Crippen LogP contribution in [0.3, 0.4) is 0 Å². The molecule has 0 saturated carbocycles. The van der Waals surface area contributed by atoms with E-state index in [0.717, 1.165) is 25.9 Å². The quantitative estimate of drug-likeness (QED) is 0.790. The van der Waals surface area contributed by atoms with E-state index in [1.165, 1.54) is 18.7 Å². The Labute approximate surface area is 91.1 Å². The Kier molecular flexibility index (Phi) is 3.38. The molecule has 0 bridgehead atoms. The lowest BCUT2D eigenvalue weighted by atomic mass is 10.2. The molecule has 1 aromatic heterocycles. The molecule has 2 heterocycles. The predicted octanol–water partition coefficient (Wildman–Crippen LogP) is 0.651. The van der Waals surface area contributed by atoms with Crippen LogP contribution in [-0.4, -0.2) is 41.4 Å². The Balaban J connectivity index is 2.04. The van der Waals surface area contributed by atoms with Gasteiger partial charge in [-0.15, -0.1) is 0 Å². The van der Waals surface area contributed by atoms with E-state index in [4.69, 9.17) is 5.73 Å². The van der Waals surface area contributed by atoms with Crippen LogP contribution in [-0.2, 0) is 6.42 Å². The smallest absolute Gasteiger partial charge is 0.0661 e. The lowest BCUT2D eigenvalue weighted by Gasteiger charge is -2.14. The van der Waals surface area contributed by atoms with Crippen LogP contribution in [0.5, 0.6) is 0 Å². The largest absolute Gasteiger partial charge is 0.330 e. The molecule has 0 radical (unpaired) electrons. The van der Waals surface area contributed by atoms with E-state index in [9.17, 15) is 0 Å². The summed E-state index contributed by atoms with van der Waals surface area (Å²) >= 11 is 0. The first-order valence-electron chi connectivity index (χ1n) is 5.72. The summed E-state index contributed by atoms with van der Waals surface area (Å²) in [5.41, 5.74) is 6.87. The second kappa shape index (κ2) is 4.77. The zero-order valence-corrected chi connectivity index (χ0v) is 9.39. The molecule has 2 rings (SSSR count). The monoisotopic (exact) mass is 208 g/mol. The molecule has 4 nitrogen and oxygen atoms in total. The lowest BCUT2D eigenvalue weighted by molar-refractivity contribution is 0.377. The van der Waals surface area contributed by atoms with Crippen LogP contribution in [0.15, 0.2) is 12.3 Å². The third-order valence-corrected chi connectivity index (χ3v) is 3.10. The van der Waals surface area contributed by atoms with Crippen LogP contribution in [0, 0.1) is 0 Å². The normalized spacial score (nSPS) is 22.4. The minimum absolute atomic E-state index is 0.567. The van der Waals surface area contributed by atoms with Gasteiger partial charge in [0.15, 0.2) is 0 Å². The summed E-state index contributed by atoms with van der Waals surface area (Å²) in [5, 5.41) is 4.43. The molecule has 4 heteroatoms. The minimum Gasteiger partial charge on any atom is -0.330 e. The Morgan fingerprint density at radius 2 is 2.47 bits per heavy atom. The van der Waals surface area contributed by atoms with Crippen molar-refractivity contribution in [1.29, 1.82) is 0 Å². The molecule has 1 aliphatic heterocycles. The third-order valence-electron chi connectivity index (χ3n) is 3.10. The molecule has 0 aromatic carbocycles. The number of hydrogen-bond acceptors (Lipinski definition) is 3. The first-order chi connectivity index (χ1) is 7.31. The van der Waals surface area contributed by atoms with Gasteiger partial charge < -0.3 is 10.6 Å². The molecule has 1 saturated heterocycles. The van der Waals surface area contributed by atoms with Gasteiger partial charge in [0.2, 0.25) is 0 Å². The minimum atomic E-state index is 0.567. The fourth-order valence-corrected chi connectivity index (χ4v) is 2.26. The highest BCUT2D eigenvalue weighted by Crippen LogP contribution is 2.21. The molecule has 1 unspecified atom stereocenters. The highest BCUT2D eigenvalue weighted by Gasteiger charge is 2.22. The van der Waals surface area contributed by atoms with Gasteiger partial charge in [0, 0.05) is 18.4 Å². The Bertz CT molecular complexity index is 307. The topological polar surface area (TPSA) is 47.1 Å². The fourth-order valence-electron chi connectivity index (χ4n) is 2.26. The van der Waals surface area contributed by atoms with Crippen LogP contribution < -0.4 is 5.73 Å². The van der Waals surface area contributed by atoms with Gasteiger partial charge in [-0.1, -0.05) is 0 Å². The molecule has 0 aliphatic carbocycles. The molecule has 1 atom stereocenters. The first-order valence-corrected chi connectivity index (χ1v) is 5.72. The van der Waals surface area contributed by atoms with Gasteiger partial charge in [-0.05, 0) is 45.5 Å². The van der Waals surface area contributed by atoms with Gasteiger partial charge in [-0.3, -0.25) is 4.68 Å². The summed E-state index contributed by atoms with van der Waals surface area (Å²) < 4.78 is 2.19. The van der Waals surface area contributed by atoms with Crippen molar-refractivity contribution in [3.8, 4) is 0 Å². The van der Waals surface area contributed by atoms with E-state index >= 15 is 0 Å². The third kappa shape index (κ3) is 2.38. The average Bonchev–Trinajstić information content (AvgIpc) is 2.82. The van der Waals surface area contributed by atoms with Gasteiger partial charge in [0.05, 0.1) is 6.04 Å². The molecule has 2 N–H and O–H groups in total. The summed E-state index contributed by atoms with van der Waals surface area (Å²) in [5.74, 6) is 0. The molecule has 1 aromatic rings. The SMILES string of the molecule is CN1CCC(n2nccc2CCCN)C1. The summed E-state index contributed by atoms with van der Waals surface area (Å²) in [6.45, 7) is 3.06. The highest BCUT2D eigenvalue weighted by molar-refractivity contribution is 5.03. The van der Waals surface area contributed by atoms with Crippen molar-refractivity contribution in [3.63, 3.8) is 0 Å². The summed E-state index contributed by atoms with van der Waals surface area (Å²) in [6, 6.07) is 2.69. The Morgan fingerprint density at radius 1 is 1.60 bits per heavy atom. The van der Waals surface area contributed by atoms with Gasteiger partial charge in [-0.25, -0.2) is 0 Å². The van der Waals surface area contributed by atoms with E-state index in [1.807, 2.05) is 6.20 Å². The van der Waals surface area contributed by atoms with Crippen LogP contribution in [0.1, 0.15) is 24.6 Å². The number of aryl methyl sites for hydroxylation is 1. The molecule has 1 fully saturated rings. The van der Waals surface area contributed by atoms with E-state index in [2.05, 4.69) is 27.8 Å². The van der Waals surface area contributed by atoms with E-state index in [1.54, 1.807) is 0 Å². The number of likely N-dealkylation sites (tertiary alicyclic amines) is 1. The maximum Gasteiger partial charge on any atom is 0.0661 e.